The fraction of sp³-hybridized carbons (Fsp3) is 0.400. The molecule has 0 bridgehead atoms. The number of carboxylic acids is 2. The summed E-state index contributed by atoms with van der Waals surface area (Å²) in [6.07, 6.45) is -1.32. The van der Waals surface area contributed by atoms with Gasteiger partial charge in [-0.2, -0.15) is 0 Å². The number of amides is 1. The summed E-state index contributed by atoms with van der Waals surface area (Å²) in [6, 6.07) is 6.15. The number of hydrogen-bond acceptors (Lipinski definition) is 4. The molecule has 0 fully saturated rings. The fourth-order valence-electron chi connectivity index (χ4n) is 1.83. The Labute approximate surface area is 127 Å². The van der Waals surface area contributed by atoms with Gasteiger partial charge in [0.2, 0.25) is 0 Å². The molecule has 1 atom stereocenters. The van der Waals surface area contributed by atoms with Crippen LogP contribution >= 0.6 is 0 Å². The van der Waals surface area contributed by atoms with E-state index in [1.165, 1.54) is 12.1 Å². The molecule has 0 aromatic heterocycles. The average Bonchev–Trinajstić information content (AvgIpc) is 2.34. The summed E-state index contributed by atoms with van der Waals surface area (Å²) >= 11 is 0. The van der Waals surface area contributed by atoms with Crippen LogP contribution in [-0.2, 0) is 14.3 Å². The van der Waals surface area contributed by atoms with Crippen molar-refractivity contribution in [1.82, 2.24) is 0 Å². The molecule has 0 saturated heterocycles. The molecule has 1 amide bonds. The molecule has 7 nitrogen and oxygen atoms in total. The van der Waals surface area contributed by atoms with Crippen molar-refractivity contribution in [3.63, 3.8) is 0 Å². The molecule has 22 heavy (non-hydrogen) atoms. The Morgan fingerprint density at radius 1 is 1.18 bits per heavy atom. The van der Waals surface area contributed by atoms with Gasteiger partial charge in [0.05, 0.1) is 12.3 Å². The number of carbonyl (C=O) groups excluding carboxylic acids is 1. The number of ether oxygens (including phenoxy) is 1. The SMILES string of the molecule is CC(C)(C)OC(=O)Nc1ccccc1C(CC(=O)O)C(=O)O. The van der Waals surface area contributed by atoms with Crippen LogP contribution in [0.5, 0.6) is 0 Å². The van der Waals surface area contributed by atoms with E-state index in [2.05, 4.69) is 5.32 Å². The third-order valence-electron chi connectivity index (χ3n) is 2.65. The maximum Gasteiger partial charge on any atom is 0.412 e. The van der Waals surface area contributed by atoms with E-state index in [0.717, 1.165) is 0 Å². The lowest BCUT2D eigenvalue weighted by Gasteiger charge is -2.21. The maximum absolute atomic E-state index is 11.8. The lowest BCUT2D eigenvalue weighted by atomic mass is 9.94. The van der Waals surface area contributed by atoms with Crippen molar-refractivity contribution in [2.45, 2.75) is 38.7 Å². The van der Waals surface area contributed by atoms with Crippen LogP contribution in [0.2, 0.25) is 0 Å². The van der Waals surface area contributed by atoms with Crippen LogP contribution < -0.4 is 5.32 Å². The highest BCUT2D eigenvalue weighted by molar-refractivity contribution is 5.90. The molecule has 0 saturated carbocycles. The smallest absolute Gasteiger partial charge is 0.412 e. The second kappa shape index (κ2) is 6.93. The predicted octanol–water partition coefficient (Wildman–Crippen LogP) is 2.68. The summed E-state index contributed by atoms with van der Waals surface area (Å²) in [4.78, 5) is 33.9. The van der Waals surface area contributed by atoms with Gasteiger partial charge < -0.3 is 14.9 Å². The Balaban J connectivity index is 3.04. The van der Waals surface area contributed by atoms with Gasteiger partial charge in [0, 0.05) is 5.69 Å². The molecule has 0 radical (unpaired) electrons. The normalized spacial score (nSPS) is 12.3. The first-order chi connectivity index (χ1) is 10.1. The minimum Gasteiger partial charge on any atom is -0.481 e. The van der Waals surface area contributed by atoms with E-state index in [1.54, 1.807) is 32.9 Å². The number of aliphatic carboxylic acids is 2. The van der Waals surface area contributed by atoms with Crippen LogP contribution in [0.1, 0.15) is 38.7 Å². The van der Waals surface area contributed by atoms with E-state index in [4.69, 9.17) is 9.84 Å². The molecule has 1 unspecified atom stereocenters. The standard InChI is InChI=1S/C15H19NO6/c1-15(2,3)22-14(21)16-11-7-5-4-6-9(11)10(13(19)20)8-12(17)18/h4-7,10H,8H2,1-3H3,(H,16,21)(H,17,18)(H,19,20). The number of benzene rings is 1. The zero-order chi connectivity index (χ0) is 16.9. The first kappa shape index (κ1) is 17.5. The van der Waals surface area contributed by atoms with E-state index in [9.17, 15) is 19.5 Å². The molecule has 0 aliphatic carbocycles. The van der Waals surface area contributed by atoms with Gasteiger partial charge in [-0.05, 0) is 32.4 Å². The van der Waals surface area contributed by atoms with Gasteiger partial charge in [-0.15, -0.1) is 0 Å². The van der Waals surface area contributed by atoms with Crippen molar-refractivity contribution in [2.75, 3.05) is 5.32 Å². The molecular formula is C15H19NO6. The highest BCUT2D eigenvalue weighted by Gasteiger charge is 2.26. The van der Waals surface area contributed by atoms with Gasteiger partial charge in [0.25, 0.3) is 0 Å². The molecule has 0 aliphatic rings. The summed E-state index contributed by atoms with van der Waals surface area (Å²) in [5.41, 5.74) is -0.277. The number of carboxylic acid groups (broad SMARTS) is 2. The Bertz CT molecular complexity index is 576. The predicted molar refractivity (Wildman–Crippen MR) is 78.9 cm³/mol. The van der Waals surface area contributed by atoms with Crippen LogP contribution in [0, 0.1) is 0 Å². The van der Waals surface area contributed by atoms with Crippen LogP contribution in [0.3, 0.4) is 0 Å². The largest absolute Gasteiger partial charge is 0.481 e. The summed E-state index contributed by atoms with van der Waals surface area (Å²) in [5, 5.41) is 20.5. The van der Waals surface area contributed by atoms with Gasteiger partial charge in [-0.25, -0.2) is 4.79 Å². The minimum atomic E-state index is -1.28. The number of nitrogens with one attached hydrogen (secondary N) is 1. The highest BCUT2D eigenvalue weighted by atomic mass is 16.6. The Morgan fingerprint density at radius 2 is 1.77 bits per heavy atom. The summed E-state index contributed by atoms with van der Waals surface area (Å²) in [7, 11) is 0. The van der Waals surface area contributed by atoms with Crippen LogP contribution in [0.15, 0.2) is 24.3 Å². The van der Waals surface area contributed by atoms with E-state index < -0.39 is 36.0 Å². The number of para-hydroxylation sites is 1. The molecule has 1 aromatic carbocycles. The molecule has 1 rings (SSSR count). The second-order valence-corrected chi connectivity index (χ2v) is 5.70. The summed E-state index contributed by atoms with van der Waals surface area (Å²) in [6.45, 7) is 5.09. The lowest BCUT2D eigenvalue weighted by molar-refractivity contribution is -0.145. The molecule has 7 heteroatoms. The molecule has 3 N–H and O–H groups in total. The maximum atomic E-state index is 11.8. The van der Waals surface area contributed by atoms with Crippen LogP contribution in [0.4, 0.5) is 10.5 Å². The topological polar surface area (TPSA) is 113 Å². The Hall–Kier alpha value is -2.57. The molecule has 120 valence electrons. The third-order valence-corrected chi connectivity index (χ3v) is 2.65. The zero-order valence-corrected chi connectivity index (χ0v) is 12.6. The molecule has 1 aromatic rings. The average molecular weight is 309 g/mol. The molecule has 0 heterocycles. The monoisotopic (exact) mass is 309 g/mol. The first-order valence-electron chi connectivity index (χ1n) is 6.63. The number of carbonyl (C=O) groups is 3. The second-order valence-electron chi connectivity index (χ2n) is 5.70. The van der Waals surface area contributed by atoms with Crippen molar-refractivity contribution in [1.29, 1.82) is 0 Å². The first-order valence-corrected chi connectivity index (χ1v) is 6.63. The zero-order valence-electron chi connectivity index (χ0n) is 12.6. The van der Waals surface area contributed by atoms with E-state index in [0.29, 0.717) is 0 Å². The Morgan fingerprint density at radius 3 is 2.27 bits per heavy atom. The van der Waals surface area contributed by atoms with Crippen molar-refractivity contribution < 1.29 is 29.3 Å². The van der Waals surface area contributed by atoms with Gasteiger partial charge in [-0.1, -0.05) is 18.2 Å². The van der Waals surface area contributed by atoms with E-state index >= 15 is 0 Å². The number of anilines is 1. The van der Waals surface area contributed by atoms with Gasteiger partial charge >= 0.3 is 18.0 Å². The van der Waals surface area contributed by atoms with Crippen LogP contribution in [0.25, 0.3) is 0 Å². The molecular weight excluding hydrogens is 290 g/mol. The van der Waals surface area contributed by atoms with Crippen molar-refractivity contribution >= 4 is 23.7 Å². The third kappa shape index (κ3) is 5.43. The Kier molecular flexibility index (Phi) is 5.50. The quantitative estimate of drug-likeness (QED) is 0.770. The van der Waals surface area contributed by atoms with Crippen molar-refractivity contribution in [2.24, 2.45) is 0 Å². The fourth-order valence-corrected chi connectivity index (χ4v) is 1.83. The van der Waals surface area contributed by atoms with Gasteiger partial charge in [0.1, 0.15) is 5.60 Å². The summed E-state index contributed by atoms with van der Waals surface area (Å²) in [5.74, 6) is -3.77. The molecule has 0 aliphatic heterocycles. The minimum absolute atomic E-state index is 0.211. The van der Waals surface area contributed by atoms with Crippen molar-refractivity contribution in [3.8, 4) is 0 Å². The summed E-state index contributed by atoms with van der Waals surface area (Å²) < 4.78 is 5.10. The van der Waals surface area contributed by atoms with E-state index in [1.807, 2.05) is 0 Å². The van der Waals surface area contributed by atoms with Crippen LogP contribution in [-0.4, -0.2) is 33.8 Å². The van der Waals surface area contributed by atoms with Gasteiger partial charge in [0.15, 0.2) is 0 Å². The number of rotatable bonds is 5. The molecule has 0 spiro atoms. The van der Waals surface area contributed by atoms with Gasteiger partial charge in [-0.3, -0.25) is 14.9 Å². The highest BCUT2D eigenvalue weighted by Crippen LogP contribution is 2.28. The number of hydrogen-bond donors (Lipinski definition) is 3. The van der Waals surface area contributed by atoms with Crippen molar-refractivity contribution in [3.05, 3.63) is 29.8 Å². The lowest BCUT2D eigenvalue weighted by Crippen LogP contribution is -2.28. The van der Waals surface area contributed by atoms with E-state index in [-0.39, 0.29) is 11.3 Å².